The highest BCUT2D eigenvalue weighted by molar-refractivity contribution is 8.26. The summed E-state index contributed by atoms with van der Waals surface area (Å²) in [5, 5.41) is 4.72. The standard InChI is InChI=1S/C14H20N2S4.C10H9NOS2.C10H13NS2.C8H10N2S2.C7H9NOS.C7H15NS2.C6H11NOS2.C6H13NS2.C6H11NS2.C5H7NOS.C5H11NS2.C5H6OS.C4H9NS2/c1-15(2)13(17)19-9-11-5-7-12(8-6-11)10-20-14(18)16(3)4;12-9-7-14-10(13)11(9)6-8-4-2-1-3-5-8;1-11(2)10(12)13-8-9-6-4-3-5-7-9;1-2-12-8(11)10-7-5-3-4-6-9-7;1-3-4-8-6(2)10-5-7(8)9;1-4-5-6-10-7(9)8(2)3;1-5(8)4-10-6(9)7(2)3;2*1-4-5-9-6(8)7(2)3;1-4-6(2)5(7)3-8-4;1-4-8-5(7)6(2)3;1-4-2-5(6)3-7-4;1-5(2)4(6)7-3/h5-8H,9-10H2,1-4H3;1-5H,6-7H2;3-7H,8H2,1-2H3;3-6H,2H2,1H3,(H,9,10,11);3H,1-2,4-5H2;4-6H2,1-3H3;4H2,1-3H3;4-5H2,1-3H3;4H,1,5H2,2-3H3;1,3H2,2H3;4H2,1-3H3;1-3H2;1-3H3. The zero-order valence-corrected chi connectivity index (χ0v) is 104. The maximum Gasteiger partial charge on any atom is 0.238 e. The number of nitrogens with zero attached hydrogens (tertiary/aromatic N) is 13. The topological polar surface area (TPSA) is 149 Å². The van der Waals surface area contributed by atoms with Crippen molar-refractivity contribution in [3.05, 3.63) is 192 Å². The number of rotatable bonds is 22. The van der Waals surface area contributed by atoms with E-state index in [1.807, 2.05) is 238 Å². The van der Waals surface area contributed by atoms with Gasteiger partial charge in [-0.2, -0.15) is 0 Å². The molecule has 4 saturated heterocycles. The molecular weight excluding hydrogens is 2190 g/mol. The molecule has 0 spiro atoms. The van der Waals surface area contributed by atoms with Gasteiger partial charge in [0.05, 0.1) is 45.4 Å². The van der Waals surface area contributed by atoms with Gasteiger partial charge in [0, 0.05) is 182 Å². The molecule has 4 fully saturated rings. The molecule has 1 N–H and O–H groups in total. The Bertz CT molecular complexity index is 4180. The number of thiocarbonyl (C=S) groups is 11. The molecule has 44 heteroatoms. The van der Waals surface area contributed by atoms with Crippen LogP contribution < -0.4 is 5.32 Å². The van der Waals surface area contributed by atoms with Crippen LogP contribution in [0.15, 0.2) is 169 Å². The number of ketones is 2. The van der Waals surface area contributed by atoms with Crippen molar-refractivity contribution >= 4 is 382 Å². The molecule has 0 aliphatic carbocycles. The number of hydrogen-bond acceptors (Lipinski definition) is 31. The fourth-order valence-electron chi connectivity index (χ4n) is 7.63. The van der Waals surface area contributed by atoms with E-state index < -0.39 is 0 Å². The Kier molecular flexibility index (Phi) is 94.4. The van der Waals surface area contributed by atoms with Gasteiger partial charge in [0.15, 0.2) is 0 Å². The first-order valence-corrected chi connectivity index (χ1v) is 60.6. The molecule has 8 rings (SSSR count). The summed E-state index contributed by atoms with van der Waals surface area (Å²) in [5.74, 6) is 12.5. The van der Waals surface area contributed by atoms with E-state index in [9.17, 15) is 24.0 Å². The lowest BCUT2D eigenvalue weighted by molar-refractivity contribution is -0.125. The second-order valence-electron chi connectivity index (χ2n) is 29.1. The monoisotopic (exact) mass is 2340 g/mol. The van der Waals surface area contributed by atoms with Crippen molar-refractivity contribution in [2.24, 2.45) is 0 Å². The number of Topliss-reactive ketones (excluding diaryl/α,β-unsaturated/α-hetero) is 2. The van der Waals surface area contributed by atoms with Crippen LogP contribution in [0, 0.1) is 0 Å². The van der Waals surface area contributed by atoms with Crippen LogP contribution >= 0.6 is 299 Å². The molecule has 1 aromatic heterocycles. The summed E-state index contributed by atoms with van der Waals surface area (Å²) in [6.45, 7) is 29.4. The van der Waals surface area contributed by atoms with Gasteiger partial charge >= 0.3 is 0 Å². The number of thioether (sulfide) groups is 14. The number of amides is 3. The Morgan fingerprint density at radius 3 is 1.12 bits per heavy atom. The summed E-state index contributed by atoms with van der Waals surface area (Å²) in [4.78, 5) is 81.3. The fourth-order valence-corrected chi connectivity index (χ4v) is 19.3. The van der Waals surface area contributed by atoms with E-state index in [1.54, 1.807) is 159 Å². The highest BCUT2D eigenvalue weighted by Crippen LogP contribution is 2.29. The minimum absolute atomic E-state index is 0.115. The zero-order valence-electron chi connectivity index (χ0n) is 84.1. The molecule has 137 heavy (non-hydrogen) atoms. The highest BCUT2D eigenvalue weighted by atomic mass is 32.2. The molecule has 19 nitrogen and oxygen atoms in total. The summed E-state index contributed by atoms with van der Waals surface area (Å²) in [7, 11) is 37.0. The van der Waals surface area contributed by atoms with Gasteiger partial charge in [0.25, 0.3) is 0 Å². The van der Waals surface area contributed by atoms with E-state index in [-0.39, 0.29) is 23.5 Å². The minimum Gasteiger partial charge on any atom is -0.364 e. The molecule has 0 radical (unpaired) electrons. The van der Waals surface area contributed by atoms with Gasteiger partial charge in [-0.3, -0.25) is 28.9 Å². The molecule has 0 unspecified atom stereocenters. The van der Waals surface area contributed by atoms with Crippen molar-refractivity contribution in [3.63, 3.8) is 0 Å². The number of carbonyl (C=O) groups is 5. The third-order valence-corrected chi connectivity index (χ3v) is 36.5. The van der Waals surface area contributed by atoms with E-state index in [0.29, 0.717) is 58.4 Å². The quantitative estimate of drug-likeness (QED) is 0.0451. The van der Waals surface area contributed by atoms with E-state index in [1.165, 1.54) is 83.0 Å². The van der Waals surface area contributed by atoms with Crippen molar-refractivity contribution in [2.45, 2.75) is 84.1 Å². The van der Waals surface area contributed by atoms with E-state index in [4.69, 9.17) is 134 Å². The molecule has 766 valence electrons. The first-order valence-electron chi connectivity index (χ1n) is 42.1. The van der Waals surface area contributed by atoms with Crippen LogP contribution in [0.2, 0.25) is 0 Å². The molecule has 4 aliphatic heterocycles. The second kappa shape index (κ2) is 90.7. The number of aromatic nitrogens is 1. The van der Waals surface area contributed by atoms with Gasteiger partial charge in [-0.1, -0.05) is 433 Å². The normalized spacial score (nSPS) is 12.0. The molecule has 0 bridgehead atoms. The Balaban J connectivity index is -0.000000464. The predicted molar refractivity (Wildman–Crippen MR) is 681 cm³/mol. The van der Waals surface area contributed by atoms with Crippen LogP contribution in [-0.4, -0.2) is 345 Å². The number of nitrogens with one attached hydrogen (secondary N) is 1. The minimum atomic E-state index is 0.115. The third-order valence-electron chi connectivity index (χ3n) is 15.0. The number of hydrogen-bond donors (Lipinski definition) is 1. The summed E-state index contributed by atoms with van der Waals surface area (Å²) < 4.78 is 9.78. The lowest BCUT2D eigenvalue weighted by atomic mass is 10.2. The Morgan fingerprint density at radius 1 is 0.438 bits per heavy atom. The number of allylic oxidation sites excluding steroid dienone is 1. The van der Waals surface area contributed by atoms with Gasteiger partial charge in [-0.25, -0.2) is 4.98 Å². The van der Waals surface area contributed by atoms with Gasteiger partial charge in [0.2, 0.25) is 17.7 Å². The SMILES string of the molecule is C=C1CC(=O)CS1.C=C1SCC(=O)N1C.C=CCN1C(=C)SCC1=O.C=CCSC(=S)N(C)C.CC(=O)CSC(=S)N(C)C.CCCCSC(=S)N(C)C.CCCSC(=S)N(C)C.CCSC(=S)N(C)C.CCSC(=S)Nc1ccccn1.CN(C)C(=S)SCc1ccc(CSC(=S)N(C)C)cc1.CN(C)C(=S)SCc1ccccc1.CSC(=S)N(C)C.O=C1CSC(=S)N1Cc1ccccc1. The second-order valence-corrected chi connectivity index (χ2v) is 50.8. The molecule has 4 aliphatic rings. The van der Waals surface area contributed by atoms with Crippen molar-refractivity contribution in [2.75, 3.05) is 210 Å². The van der Waals surface area contributed by atoms with E-state index in [0.717, 1.165) is 116 Å². The number of unbranched alkanes of at least 4 members (excludes halogenated alkanes) is 1. The van der Waals surface area contributed by atoms with Crippen LogP contribution in [0.5, 0.6) is 0 Å². The Hall–Kier alpha value is -2.85. The van der Waals surface area contributed by atoms with Crippen LogP contribution in [0.25, 0.3) is 0 Å². The van der Waals surface area contributed by atoms with Crippen LogP contribution in [0.1, 0.15) is 82.6 Å². The number of pyridine rings is 1. The summed E-state index contributed by atoms with van der Waals surface area (Å²) in [5.41, 5.74) is 5.02. The van der Waals surface area contributed by atoms with Gasteiger partial charge in [-0.05, 0) is 82.6 Å². The molecule has 0 saturated carbocycles. The van der Waals surface area contributed by atoms with Gasteiger partial charge in [0.1, 0.15) is 64.9 Å². The molecule has 4 aromatic rings. The molecular formula is C93H144N14O5S25. The van der Waals surface area contributed by atoms with Crippen molar-refractivity contribution in [1.82, 2.24) is 63.8 Å². The first kappa shape index (κ1) is 143. The third kappa shape index (κ3) is 82.0. The fraction of sp³-hybridized carbons (Fsp3) is 0.473. The number of anilines is 1. The highest BCUT2D eigenvalue weighted by Gasteiger charge is 2.27. The summed E-state index contributed by atoms with van der Waals surface area (Å²) >= 11 is 78.2. The predicted octanol–water partition coefficient (Wildman–Crippen LogP) is 24.3. The lowest BCUT2D eigenvalue weighted by Crippen LogP contribution is -2.27. The van der Waals surface area contributed by atoms with Crippen molar-refractivity contribution in [1.29, 1.82) is 0 Å². The van der Waals surface area contributed by atoms with E-state index in [2.05, 4.69) is 119 Å². The van der Waals surface area contributed by atoms with Crippen LogP contribution in [-0.2, 0) is 47.8 Å². The molecule has 3 aromatic carbocycles. The lowest BCUT2D eigenvalue weighted by Gasteiger charge is -2.14. The maximum absolute atomic E-state index is 11.4. The average Bonchev–Trinajstić information content (AvgIpc) is 1.72. The number of carbonyl (C=O) groups excluding carboxylic acids is 5. The summed E-state index contributed by atoms with van der Waals surface area (Å²) in [6.07, 6.45) is 11.6. The van der Waals surface area contributed by atoms with Gasteiger partial charge < -0.3 is 59.2 Å². The van der Waals surface area contributed by atoms with Gasteiger partial charge in [-0.15, -0.1) is 36.7 Å². The average molecular weight is 2340 g/mol. The maximum atomic E-state index is 11.4. The largest absolute Gasteiger partial charge is 0.364 e. The number of benzene rings is 3. The zero-order chi connectivity index (χ0) is 106. The molecule has 0 atom stereocenters. The molecule has 5 heterocycles. The van der Waals surface area contributed by atoms with E-state index >= 15 is 0 Å². The smallest absolute Gasteiger partial charge is 0.238 e. The molecule has 3 amide bonds. The van der Waals surface area contributed by atoms with Crippen molar-refractivity contribution in [3.8, 4) is 0 Å². The Labute approximate surface area is 943 Å². The first-order chi connectivity index (χ1) is 64.4. The Morgan fingerprint density at radius 2 is 0.825 bits per heavy atom. The van der Waals surface area contributed by atoms with Crippen LogP contribution in [0.4, 0.5) is 5.82 Å². The van der Waals surface area contributed by atoms with Crippen LogP contribution in [0.3, 0.4) is 0 Å². The summed E-state index contributed by atoms with van der Waals surface area (Å²) in [6, 6.07) is 34.6. The van der Waals surface area contributed by atoms with Crippen molar-refractivity contribution < 1.29 is 24.0 Å².